The van der Waals surface area contributed by atoms with Gasteiger partial charge < -0.3 is 14.5 Å². The van der Waals surface area contributed by atoms with Crippen molar-refractivity contribution in [2.24, 2.45) is 0 Å². The Bertz CT molecular complexity index is 363. The van der Waals surface area contributed by atoms with Crippen LogP contribution in [-0.4, -0.2) is 25.2 Å². The van der Waals surface area contributed by atoms with Gasteiger partial charge in [0.1, 0.15) is 5.76 Å². The van der Waals surface area contributed by atoms with Crippen molar-refractivity contribution < 1.29 is 13.9 Å². The number of hydrogen-bond acceptors (Lipinski definition) is 3. The predicted molar refractivity (Wildman–Crippen MR) is 70.9 cm³/mol. The van der Waals surface area contributed by atoms with Gasteiger partial charge in [-0.05, 0) is 38.8 Å². The Morgan fingerprint density at radius 1 is 1.44 bits per heavy atom. The molecule has 0 spiro atoms. The lowest BCUT2D eigenvalue weighted by atomic mass is 10.3. The van der Waals surface area contributed by atoms with Crippen molar-refractivity contribution in [2.75, 3.05) is 13.2 Å². The van der Waals surface area contributed by atoms with E-state index in [1.165, 1.54) is 0 Å². The first kappa shape index (κ1) is 15.1. The van der Waals surface area contributed by atoms with Gasteiger partial charge in [-0.25, -0.2) is 0 Å². The van der Waals surface area contributed by atoms with Gasteiger partial charge in [-0.2, -0.15) is 0 Å². The highest BCUT2D eigenvalue weighted by molar-refractivity contribution is 6.16. The van der Waals surface area contributed by atoms with Crippen LogP contribution in [0.25, 0.3) is 0 Å². The van der Waals surface area contributed by atoms with Crippen molar-refractivity contribution in [3.8, 4) is 0 Å². The molecule has 18 heavy (non-hydrogen) atoms. The summed E-state index contributed by atoms with van der Waals surface area (Å²) >= 11 is 5.59. The summed E-state index contributed by atoms with van der Waals surface area (Å²) in [6, 6.07) is 3.34. The monoisotopic (exact) mass is 273 g/mol. The van der Waals surface area contributed by atoms with Crippen molar-refractivity contribution >= 4 is 17.5 Å². The minimum atomic E-state index is -0.198. The van der Waals surface area contributed by atoms with Gasteiger partial charge in [-0.15, -0.1) is 11.6 Å². The summed E-state index contributed by atoms with van der Waals surface area (Å²) in [6.45, 7) is 5.36. The van der Waals surface area contributed by atoms with Crippen LogP contribution in [0.2, 0.25) is 0 Å². The number of carbonyl (C=O) groups excluding carboxylic acids is 1. The molecular weight excluding hydrogens is 254 g/mol. The first-order valence-electron chi connectivity index (χ1n) is 6.18. The van der Waals surface area contributed by atoms with E-state index in [-0.39, 0.29) is 17.9 Å². The topological polar surface area (TPSA) is 51.5 Å². The van der Waals surface area contributed by atoms with E-state index in [2.05, 4.69) is 5.32 Å². The van der Waals surface area contributed by atoms with E-state index in [1.807, 2.05) is 13.8 Å². The lowest BCUT2D eigenvalue weighted by Gasteiger charge is -2.07. The van der Waals surface area contributed by atoms with Crippen molar-refractivity contribution in [1.82, 2.24) is 5.32 Å². The highest BCUT2D eigenvalue weighted by Gasteiger charge is 2.09. The first-order chi connectivity index (χ1) is 8.63. The highest BCUT2D eigenvalue weighted by Crippen LogP contribution is 2.09. The van der Waals surface area contributed by atoms with Gasteiger partial charge in [0.05, 0.1) is 12.0 Å². The minimum Gasteiger partial charge on any atom is -0.455 e. The molecule has 1 amide bonds. The second kappa shape index (κ2) is 8.16. The van der Waals surface area contributed by atoms with Gasteiger partial charge in [0.25, 0.3) is 5.91 Å². The number of nitrogens with one attached hydrogen (secondary N) is 1. The van der Waals surface area contributed by atoms with E-state index < -0.39 is 0 Å². The molecule has 1 aromatic rings. The quantitative estimate of drug-likeness (QED) is 0.585. The number of hydrogen-bond donors (Lipinski definition) is 1. The van der Waals surface area contributed by atoms with Crippen LogP contribution in [0.5, 0.6) is 0 Å². The van der Waals surface area contributed by atoms with E-state index in [1.54, 1.807) is 12.1 Å². The van der Waals surface area contributed by atoms with Gasteiger partial charge >= 0.3 is 0 Å². The predicted octanol–water partition coefficient (Wildman–Crippen LogP) is 2.95. The molecule has 0 fully saturated rings. The van der Waals surface area contributed by atoms with E-state index in [0.29, 0.717) is 18.1 Å². The van der Waals surface area contributed by atoms with Crippen LogP contribution < -0.4 is 5.32 Å². The number of unbranched alkanes of at least 4 members (excludes halogenated alkanes) is 1. The number of carbonyl (C=O) groups is 1. The van der Waals surface area contributed by atoms with Crippen LogP contribution in [0.3, 0.4) is 0 Å². The summed E-state index contributed by atoms with van der Waals surface area (Å²) in [7, 11) is 0. The summed E-state index contributed by atoms with van der Waals surface area (Å²) in [5.41, 5.74) is 0. The van der Waals surface area contributed by atoms with Crippen LogP contribution in [0.4, 0.5) is 0 Å². The van der Waals surface area contributed by atoms with Crippen LogP contribution in [-0.2, 0) is 10.6 Å². The third-order valence-electron chi connectivity index (χ3n) is 2.33. The number of amides is 1. The van der Waals surface area contributed by atoms with Crippen LogP contribution in [0.1, 0.15) is 43.0 Å². The molecule has 0 aliphatic carbocycles. The number of furan rings is 1. The zero-order valence-corrected chi connectivity index (χ0v) is 11.6. The molecule has 1 aromatic heterocycles. The second-order valence-electron chi connectivity index (χ2n) is 4.28. The molecule has 0 saturated heterocycles. The normalized spacial score (nSPS) is 10.9. The number of alkyl halides is 1. The maximum Gasteiger partial charge on any atom is 0.286 e. The smallest absolute Gasteiger partial charge is 0.286 e. The lowest BCUT2D eigenvalue weighted by molar-refractivity contribution is 0.0753. The zero-order chi connectivity index (χ0) is 13.4. The molecule has 102 valence electrons. The molecule has 0 saturated carbocycles. The summed E-state index contributed by atoms with van der Waals surface area (Å²) in [5.74, 6) is 0.993. The van der Waals surface area contributed by atoms with Gasteiger partial charge in [0.2, 0.25) is 0 Å². The van der Waals surface area contributed by atoms with Crippen LogP contribution >= 0.6 is 11.6 Å². The van der Waals surface area contributed by atoms with E-state index in [4.69, 9.17) is 20.8 Å². The van der Waals surface area contributed by atoms with Gasteiger partial charge in [0, 0.05) is 13.2 Å². The van der Waals surface area contributed by atoms with Crippen molar-refractivity contribution in [2.45, 2.75) is 38.7 Å². The number of halogens is 1. The summed E-state index contributed by atoms with van der Waals surface area (Å²) < 4.78 is 10.6. The fourth-order valence-corrected chi connectivity index (χ4v) is 1.55. The standard InChI is InChI=1S/C13H20ClNO3/c1-10(2)17-8-4-3-7-15-13(16)12-6-5-11(9-14)18-12/h5-6,10H,3-4,7-9H2,1-2H3,(H,15,16). The Balaban J connectivity index is 2.13. The average molecular weight is 274 g/mol. The van der Waals surface area contributed by atoms with Crippen LogP contribution in [0.15, 0.2) is 16.5 Å². The summed E-state index contributed by atoms with van der Waals surface area (Å²) in [6.07, 6.45) is 2.09. The molecule has 0 aliphatic heterocycles. The number of ether oxygens (including phenoxy) is 1. The van der Waals surface area contributed by atoms with Crippen molar-refractivity contribution in [3.05, 3.63) is 23.7 Å². The zero-order valence-electron chi connectivity index (χ0n) is 10.9. The fourth-order valence-electron chi connectivity index (χ4n) is 1.41. The Kier molecular flexibility index (Phi) is 6.83. The Hall–Kier alpha value is -1.00. The van der Waals surface area contributed by atoms with Gasteiger partial charge in [-0.1, -0.05) is 0 Å². The molecule has 0 radical (unpaired) electrons. The molecule has 1 N–H and O–H groups in total. The molecule has 5 heteroatoms. The lowest BCUT2D eigenvalue weighted by Crippen LogP contribution is -2.24. The summed E-state index contributed by atoms with van der Waals surface area (Å²) in [5, 5.41) is 2.79. The molecule has 0 aliphatic rings. The van der Waals surface area contributed by atoms with Gasteiger partial charge in [-0.3, -0.25) is 4.79 Å². The third-order valence-corrected chi connectivity index (χ3v) is 2.59. The third kappa shape index (κ3) is 5.56. The molecule has 0 bridgehead atoms. The van der Waals surface area contributed by atoms with Crippen LogP contribution in [0, 0.1) is 0 Å². The van der Waals surface area contributed by atoms with Crippen molar-refractivity contribution in [3.63, 3.8) is 0 Å². The first-order valence-corrected chi connectivity index (χ1v) is 6.71. The molecule has 0 aromatic carbocycles. The van der Waals surface area contributed by atoms with E-state index >= 15 is 0 Å². The minimum absolute atomic E-state index is 0.198. The maximum atomic E-state index is 11.6. The molecule has 1 rings (SSSR count). The Morgan fingerprint density at radius 3 is 2.83 bits per heavy atom. The molecule has 1 heterocycles. The van der Waals surface area contributed by atoms with E-state index in [9.17, 15) is 4.79 Å². The molecule has 4 nitrogen and oxygen atoms in total. The maximum absolute atomic E-state index is 11.6. The van der Waals surface area contributed by atoms with E-state index in [0.717, 1.165) is 19.4 Å². The highest BCUT2D eigenvalue weighted by atomic mass is 35.5. The Labute approximate surface area is 113 Å². The van der Waals surface area contributed by atoms with Crippen molar-refractivity contribution in [1.29, 1.82) is 0 Å². The molecule has 0 unspecified atom stereocenters. The largest absolute Gasteiger partial charge is 0.455 e. The Morgan fingerprint density at radius 2 is 2.22 bits per heavy atom. The average Bonchev–Trinajstić information content (AvgIpc) is 2.81. The number of rotatable bonds is 8. The molecular formula is C13H20ClNO3. The SMILES string of the molecule is CC(C)OCCCCNC(=O)c1ccc(CCl)o1. The fraction of sp³-hybridized carbons (Fsp3) is 0.615. The summed E-state index contributed by atoms with van der Waals surface area (Å²) in [4.78, 5) is 11.6. The second-order valence-corrected chi connectivity index (χ2v) is 4.55. The molecule has 0 atom stereocenters. The van der Waals surface area contributed by atoms with Gasteiger partial charge in [0.15, 0.2) is 5.76 Å².